The number of halogens is 1. The van der Waals surface area contributed by atoms with Crippen molar-refractivity contribution in [3.63, 3.8) is 0 Å². The summed E-state index contributed by atoms with van der Waals surface area (Å²) in [5.41, 5.74) is 2.25. The van der Waals surface area contributed by atoms with Gasteiger partial charge in [0.15, 0.2) is 6.29 Å². The van der Waals surface area contributed by atoms with Gasteiger partial charge in [0.1, 0.15) is 5.65 Å². The third kappa shape index (κ3) is 1.42. The largest absolute Gasteiger partial charge is 0.306 e. The van der Waals surface area contributed by atoms with Gasteiger partial charge in [0, 0.05) is 18.0 Å². The Hall–Kier alpha value is -1.35. The third-order valence-corrected chi connectivity index (χ3v) is 2.07. The fraction of sp³-hybridized carbons (Fsp3) is 0.111. The van der Waals surface area contributed by atoms with E-state index in [9.17, 15) is 4.79 Å². The number of rotatable bonds is 2. The second-order valence-corrected chi connectivity index (χ2v) is 2.98. The van der Waals surface area contributed by atoms with Gasteiger partial charge in [0.25, 0.3) is 0 Å². The Morgan fingerprint density at radius 2 is 2.31 bits per heavy atom. The van der Waals surface area contributed by atoms with Crippen molar-refractivity contribution in [3.05, 3.63) is 35.8 Å². The Bertz CT molecular complexity index is 450. The molecule has 0 saturated carbocycles. The average molecular weight is 195 g/mol. The van der Waals surface area contributed by atoms with Crippen molar-refractivity contribution in [1.82, 2.24) is 9.38 Å². The molecule has 0 saturated heterocycles. The number of pyridine rings is 1. The van der Waals surface area contributed by atoms with Gasteiger partial charge in [-0.15, -0.1) is 11.6 Å². The van der Waals surface area contributed by atoms with Gasteiger partial charge in [0.05, 0.1) is 11.6 Å². The van der Waals surface area contributed by atoms with Crippen LogP contribution >= 0.6 is 11.6 Å². The van der Waals surface area contributed by atoms with Crippen LogP contribution in [0.1, 0.15) is 16.1 Å². The lowest BCUT2D eigenvalue weighted by Crippen LogP contribution is -1.86. The molecular weight excluding hydrogens is 188 g/mol. The van der Waals surface area contributed by atoms with Gasteiger partial charge < -0.3 is 4.40 Å². The van der Waals surface area contributed by atoms with Gasteiger partial charge in [-0.25, -0.2) is 4.98 Å². The zero-order valence-electron chi connectivity index (χ0n) is 6.77. The van der Waals surface area contributed by atoms with Crippen LogP contribution in [0, 0.1) is 0 Å². The molecule has 3 nitrogen and oxygen atoms in total. The molecule has 0 radical (unpaired) electrons. The molecule has 2 heterocycles. The molecule has 13 heavy (non-hydrogen) atoms. The first kappa shape index (κ1) is 8.26. The van der Waals surface area contributed by atoms with E-state index in [0.717, 1.165) is 17.6 Å². The molecule has 2 aromatic rings. The quantitative estimate of drug-likeness (QED) is 0.541. The molecule has 2 rings (SSSR count). The number of nitrogens with zero attached hydrogens (tertiary/aromatic N) is 2. The number of aldehydes is 1. The van der Waals surface area contributed by atoms with E-state index in [-0.39, 0.29) is 0 Å². The summed E-state index contributed by atoms with van der Waals surface area (Å²) < 4.78 is 1.79. The molecule has 0 bridgehead atoms. The van der Waals surface area contributed by atoms with E-state index < -0.39 is 0 Å². The van der Waals surface area contributed by atoms with E-state index in [0.29, 0.717) is 11.4 Å². The van der Waals surface area contributed by atoms with Crippen LogP contribution in [0.15, 0.2) is 24.5 Å². The third-order valence-electron chi connectivity index (χ3n) is 1.80. The highest BCUT2D eigenvalue weighted by Gasteiger charge is 2.00. The molecule has 0 N–H and O–H groups in total. The van der Waals surface area contributed by atoms with Crippen LogP contribution in [0.4, 0.5) is 0 Å². The summed E-state index contributed by atoms with van der Waals surface area (Å²) in [5.74, 6) is 0.387. The van der Waals surface area contributed by atoms with Gasteiger partial charge in [-0.1, -0.05) is 0 Å². The number of carbonyl (C=O) groups excluding carboxylic acids is 1. The summed E-state index contributed by atoms with van der Waals surface area (Å²) in [6, 6.07) is 3.52. The van der Waals surface area contributed by atoms with E-state index in [1.54, 1.807) is 22.7 Å². The number of carbonyl (C=O) groups is 1. The molecule has 0 aliphatic rings. The normalized spacial score (nSPS) is 10.5. The lowest BCUT2D eigenvalue weighted by atomic mass is 10.3. The van der Waals surface area contributed by atoms with E-state index in [1.165, 1.54) is 0 Å². The smallest absolute Gasteiger partial charge is 0.151 e. The average Bonchev–Trinajstić information content (AvgIpc) is 2.58. The van der Waals surface area contributed by atoms with Gasteiger partial charge >= 0.3 is 0 Å². The number of alkyl halides is 1. The molecule has 0 aliphatic heterocycles. The van der Waals surface area contributed by atoms with E-state index in [2.05, 4.69) is 4.98 Å². The van der Waals surface area contributed by atoms with Gasteiger partial charge in [-0.2, -0.15) is 0 Å². The summed E-state index contributed by atoms with van der Waals surface area (Å²) in [7, 11) is 0. The Morgan fingerprint density at radius 1 is 1.46 bits per heavy atom. The molecule has 0 unspecified atom stereocenters. The topological polar surface area (TPSA) is 34.4 Å². The summed E-state index contributed by atoms with van der Waals surface area (Å²) in [5, 5.41) is 0. The van der Waals surface area contributed by atoms with Crippen LogP contribution < -0.4 is 0 Å². The summed E-state index contributed by atoms with van der Waals surface area (Å²) in [4.78, 5) is 14.7. The molecule has 0 fully saturated rings. The second kappa shape index (κ2) is 3.18. The predicted octanol–water partition coefficient (Wildman–Crippen LogP) is 1.89. The number of imidazole rings is 1. The minimum atomic E-state index is 0.387. The maximum Gasteiger partial charge on any atom is 0.151 e. The van der Waals surface area contributed by atoms with Crippen molar-refractivity contribution < 1.29 is 4.79 Å². The van der Waals surface area contributed by atoms with Crippen molar-refractivity contribution in [3.8, 4) is 0 Å². The van der Waals surface area contributed by atoms with Crippen molar-refractivity contribution in [1.29, 1.82) is 0 Å². The fourth-order valence-electron chi connectivity index (χ4n) is 1.20. The molecule has 0 aromatic carbocycles. The van der Waals surface area contributed by atoms with Crippen LogP contribution in [-0.4, -0.2) is 15.7 Å². The molecule has 0 aliphatic carbocycles. The van der Waals surface area contributed by atoms with Crippen LogP contribution in [-0.2, 0) is 5.88 Å². The first-order valence-electron chi connectivity index (χ1n) is 3.82. The number of hydrogen-bond acceptors (Lipinski definition) is 2. The lowest BCUT2D eigenvalue weighted by Gasteiger charge is -1.92. The zero-order valence-corrected chi connectivity index (χ0v) is 7.53. The predicted molar refractivity (Wildman–Crippen MR) is 50.1 cm³/mol. The van der Waals surface area contributed by atoms with E-state index >= 15 is 0 Å². The fourth-order valence-corrected chi connectivity index (χ4v) is 1.32. The maximum absolute atomic E-state index is 10.5. The lowest BCUT2D eigenvalue weighted by molar-refractivity contribution is 0.112. The highest BCUT2D eigenvalue weighted by Crippen LogP contribution is 2.08. The number of aromatic nitrogens is 2. The first-order chi connectivity index (χ1) is 6.33. The van der Waals surface area contributed by atoms with Crippen LogP contribution in [0.3, 0.4) is 0 Å². The van der Waals surface area contributed by atoms with E-state index in [1.807, 2.05) is 6.20 Å². The van der Waals surface area contributed by atoms with Crippen molar-refractivity contribution in [2.24, 2.45) is 0 Å². The van der Waals surface area contributed by atoms with Crippen LogP contribution in [0.2, 0.25) is 0 Å². The monoisotopic (exact) mass is 194 g/mol. The van der Waals surface area contributed by atoms with Crippen molar-refractivity contribution in [2.45, 2.75) is 5.88 Å². The standard InChI is InChI=1S/C9H7ClN2O/c10-3-8-5-12-4-7(6-13)1-2-9(12)11-8/h1-2,4-6H,3H2. The Kier molecular flexibility index (Phi) is 2.02. The van der Waals surface area contributed by atoms with Gasteiger partial charge in [0.2, 0.25) is 0 Å². The minimum absolute atomic E-state index is 0.387. The number of hydrogen-bond donors (Lipinski definition) is 0. The second-order valence-electron chi connectivity index (χ2n) is 2.71. The minimum Gasteiger partial charge on any atom is -0.306 e. The highest BCUT2D eigenvalue weighted by atomic mass is 35.5. The highest BCUT2D eigenvalue weighted by molar-refractivity contribution is 6.16. The Balaban J connectivity index is 2.63. The van der Waals surface area contributed by atoms with Crippen LogP contribution in [0.25, 0.3) is 5.65 Å². The van der Waals surface area contributed by atoms with Gasteiger partial charge in [-0.05, 0) is 12.1 Å². The molecule has 0 spiro atoms. The van der Waals surface area contributed by atoms with Crippen molar-refractivity contribution in [2.75, 3.05) is 0 Å². The molecule has 2 aromatic heterocycles. The molecule has 4 heteroatoms. The molecular formula is C9H7ClN2O. The first-order valence-corrected chi connectivity index (χ1v) is 4.35. The van der Waals surface area contributed by atoms with Crippen LogP contribution in [0.5, 0.6) is 0 Å². The number of fused-ring (bicyclic) bond motifs is 1. The van der Waals surface area contributed by atoms with Gasteiger partial charge in [-0.3, -0.25) is 4.79 Å². The Labute approximate surface area is 80.0 Å². The summed E-state index contributed by atoms with van der Waals surface area (Å²) in [6.45, 7) is 0. The molecule has 66 valence electrons. The van der Waals surface area contributed by atoms with E-state index in [4.69, 9.17) is 11.6 Å². The zero-order chi connectivity index (χ0) is 9.26. The molecule has 0 atom stereocenters. The molecule has 0 amide bonds. The van der Waals surface area contributed by atoms with Crippen molar-refractivity contribution >= 4 is 23.5 Å². The maximum atomic E-state index is 10.5. The summed E-state index contributed by atoms with van der Waals surface area (Å²) >= 11 is 5.63. The SMILES string of the molecule is O=Cc1ccc2nc(CCl)cn2c1. The summed E-state index contributed by atoms with van der Waals surface area (Å²) in [6.07, 6.45) is 4.35. The Morgan fingerprint density at radius 3 is 3.00 bits per heavy atom.